The van der Waals surface area contributed by atoms with Crippen LogP contribution in [0.15, 0.2) is 35.5 Å². The number of aryl methyl sites for hydroxylation is 1. The number of aliphatic imine (C=N–C) groups is 1. The fourth-order valence-electron chi connectivity index (χ4n) is 4.77. The smallest absolute Gasteiger partial charge is 0.283 e. The maximum atomic E-state index is 12.7. The van der Waals surface area contributed by atoms with Crippen LogP contribution in [-0.2, 0) is 28.5 Å². The molecule has 0 bridgehead atoms. The van der Waals surface area contributed by atoms with Gasteiger partial charge in [0.25, 0.3) is 6.02 Å². The molecule has 8 nitrogen and oxygen atoms in total. The number of rotatable bonds is 3. The van der Waals surface area contributed by atoms with Crippen molar-refractivity contribution in [1.82, 2.24) is 9.78 Å². The van der Waals surface area contributed by atoms with Crippen molar-refractivity contribution in [3.8, 4) is 5.75 Å². The van der Waals surface area contributed by atoms with Gasteiger partial charge in [-0.25, -0.2) is 4.99 Å². The van der Waals surface area contributed by atoms with E-state index in [9.17, 15) is 4.79 Å². The quantitative estimate of drug-likeness (QED) is 0.791. The van der Waals surface area contributed by atoms with E-state index in [-0.39, 0.29) is 18.2 Å². The van der Waals surface area contributed by atoms with Crippen LogP contribution < -0.4 is 10.5 Å². The van der Waals surface area contributed by atoms with Crippen LogP contribution in [0.5, 0.6) is 5.75 Å². The Labute approximate surface area is 168 Å². The zero-order valence-electron chi connectivity index (χ0n) is 16.8. The first-order valence-corrected chi connectivity index (χ1v) is 9.68. The molecule has 2 N–H and O–H groups in total. The van der Waals surface area contributed by atoms with E-state index in [1.165, 1.54) is 0 Å². The van der Waals surface area contributed by atoms with Crippen molar-refractivity contribution in [2.45, 2.75) is 31.4 Å². The maximum Gasteiger partial charge on any atom is 0.283 e. The number of ether oxygens (including phenoxy) is 3. The first kappa shape index (κ1) is 18.2. The molecule has 1 saturated heterocycles. The first-order valence-electron chi connectivity index (χ1n) is 9.68. The second kappa shape index (κ2) is 5.82. The number of hydrogen-bond acceptors (Lipinski definition) is 7. The molecule has 1 aromatic heterocycles. The lowest BCUT2D eigenvalue weighted by Gasteiger charge is -2.61. The van der Waals surface area contributed by atoms with Crippen molar-refractivity contribution in [2.75, 3.05) is 19.8 Å². The molecular formula is C21H24N4O4. The standard InChI is InChI=1S/C21H24N4O4/c1-19(2)20(10-27-11-20)21(12-28-18(22)23-21)14-8-13(4-5-17(14)29-19)9-16(26)15-6-7-25(3)24-15/h4-8H,9-12H2,1-3H3,(H2,22,23). The van der Waals surface area contributed by atoms with E-state index in [2.05, 4.69) is 18.9 Å². The van der Waals surface area contributed by atoms with Gasteiger partial charge in [-0.3, -0.25) is 9.48 Å². The highest BCUT2D eigenvalue weighted by Crippen LogP contribution is 2.62. The van der Waals surface area contributed by atoms with E-state index in [1.54, 1.807) is 24.0 Å². The number of nitrogens with two attached hydrogens (primary N) is 1. The fraction of sp³-hybridized carbons (Fsp3) is 0.476. The highest BCUT2D eigenvalue weighted by Gasteiger charge is 2.71. The third-order valence-electron chi connectivity index (χ3n) is 6.59. The molecule has 1 unspecified atom stereocenters. The number of fused-ring (bicyclic) bond motifs is 3. The Morgan fingerprint density at radius 1 is 1.24 bits per heavy atom. The predicted molar refractivity (Wildman–Crippen MR) is 105 cm³/mol. The molecule has 2 spiro atoms. The number of ketones is 1. The lowest BCUT2D eigenvalue weighted by atomic mass is 9.55. The molecule has 0 radical (unpaired) electrons. The Kier molecular flexibility index (Phi) is 3.65. The van der Waals surface area contributed by atoms with E-state index in [1.807, 2.05) is 18.2 Å². The van der Waals surface area contributed by atoms with E-state index >= 15 is 0 Å². The summed E-state index contributed by atoms with van der Waals surface area (Å²) in [5.74, 6) is 0.702. The van der Waals surface area contributed by atoms with Gasteiger partial charge in [-0.05, 0) is 37.6 Å². The van der Waals surface area contributed by atoms with Crippen molar-refractivity contribution in [3.63, 3.8) is 0 Å². The number of carbonyl (C=O) groups excluding carboxylic acids is 1. The van der Waals surface area contributed by atoms with Gasteiger partial charge >= 0.3 is 0 Å². The van der Waals surface area contributed by atoms with Crippen LogP contribution in [-0.4, -0.2) is 47.0 Å². The molecule has 4 heterocycles. The van der Waals surface area contributed by atoms with Crippen LogP contribution in [0.25, 0.3) is 0 Å². The SMILES string of the molecule is Cn1ccc(C(=O)Cc2ccc3c(c2)C2(COC(N)=N2)C2(COC2)C(C)(C)O3)n1. The summed E-state index contributed by atoms with van der Waals surface area (Å²) in [7, 11) is 1.79. The molecule has 3 aliphatic heterocycles. The number of nitrogens with zero attached hydrogens (tertiary/aromatic N) is 3. The van der Waals surface area contributed by atoms with Gasteiger partial charge in [0, 0.05) is 25.2 Å². The number of aromatic nitrogens is 2. The van der Waals surface area contributed by atoms with E-state index in [0.29, 0.717) is 25.5 Å². The molecular weight excluding hydrogens is 372 g/mol. The van der Waals surface area contributed by atoms with E-state index in [0.717, 1.165) is 16.9 Å². The van der Waals surface area contributed by atoms with Crippen molar-refractivity contribution in [2.24, 2.45) is 23.2 Å². The van der Waals surface area contributed by atoms with Gasteiger partial charge in [0.2, 0.25) is 0 Å². The van der Waals surface area contributed by atoms with Crippen LogP contribution in [0.4, 0.5) is 0 Å². The third kappa shape index (κ3) is 2.38. The first-order chi connectivity index (χ1) is 13.8. The summed E-state index contributed by atoms with van der Waals surface area (Å²) in [5, 5.41) is 4.21. The second-order valence-corrected chi connectivity index (χ2v) is 8.59. The number of benzene rings is 1. The summed E-state index contributed by atoms with van der Waals surface area (Å²) in [6.45, 7) is 5.47. The average Bonchev–Trinajstić information content (AvgIpc) is 3.21. The van der Waals surface area contributed by atoms with Crippen molar-refractivity contribution >= 4 is 11.8 Å². The summed E-state index contributed by atoms with van der Waals surface area (Å²) in [6.07, 6.45) is 2.01. The molecule has 152 valence electrons. The van der Waals surface area contributed by atoms with E-state index in [4.69, 9.17) is 24.9 Å². The molecule has 2 aromatic rings. The van der Waals surface area contributed by atoms with Crippen molar-refractivity contribution in [1.29, 1.82) is 0 Å². The zero-order valence-corrected chi connectivity index (χ0v) is 16.8. The fourth-order valence-corrected chi connectivity index (χ4v) is 4.77. The van der Waals surface area contributed by atoms with Crippen LogP contribution in [0, 0.1) is 5.41 Å². The molecule has 29 heavy (non-hydrogen) atoms. The van der Waals surface area contributed by atoms with Gasteiger partial charge in [0.1, 0.15) is 29.2 Å². The topological polar surface area (TPSA) is 101 Å². The molecule has 1 aromatic carbocycles. The normalized spacial score (nSPS) is 25.7. The van der Waals surface area contributed by atoms with Crippen molar-refractivity contribution < 1.29 is 19.0 Å². The molecule has 1 fully saturated rings. The minimum absolute atomic E-state index is 0.0379. The number of hydrogen-bond donors (Lipinski definition) is 1. The monoisotopic (exact) mass is 396 g/mol. The largest absolute Gasteiger partial charge is 0.487 e. The minimum atomic E-state index is -0.698. The highest BCUT2D eigenvalue weighted by atomic mass is 16.5. The highest BCUT2D eigenvalue weighted by molar-refractivity contribution is 5.95. The Morgan fingerprint density at radius 2 is 2.03 bits per heavy atom. The Morgan fingerprint density at radius 3 is 2.62 bits per heavy atom. The molecule has 8 heteroatoms. The number of amidine groups is 1. The number of Topliss-reactive ketones (excluding diaryl/α,β-unsaturated/α-hetero) is 1. The minimum Gasteiger partial charge on any atom is -0.487 e. The predicted octanol–water partition coefficient (Wildman–Crippen LogP) is 1.57. The lowest BCUT2D eigenvalue weighted by Crippen LogP contribution is -2.71. The summed E-state index contributed by atoms with van der Waals surface area (Å²) >= 11 is 0. The Hall–Kier alpha value is -2.87. The van der Waals surface area contributed by atoms with E-state index < -0.39 is 16.6 Å². The van der Waals surface area contributed by atoms with Crippen LogP contribution in [0.3, 0.4) is 0 Å². The zero-order chi connectivity index (χ0) is 20.4. The third-order valence-corrected chi connectivity index (χ3v) is 6.59. The van der Waals surface area contributed by atoms with Crippen LogP contribution in [0.1, 0.15) is 35.5 Å². The number of carbonyl (C=O) groups is 1. The van der Waals surface area contributed by atoms with Crippen LogP contribution >= 0.6 is 0 Å². The van der Waals surface area contributed by atoms with Crippen molar-refractivity contribution in [3.05, 3.63) is 47.3 Å². The lowest BCUT2D eigenvalue weighted by molar-refractivity contribution is -0.247. The molecule has 0 amide bonds. The maximum absolute atomic E-state index is 12.7. The van der Waals surface area contributed by atoms with Gasteiger partial charge in [-0.1, -0.05) is 6.07 Å². The summed E-state index contributed by atoms with van der Waals surface area (Å²) in [4.78, 5) is 17.4. The molecule has 5 rings (SSSR count). The molecule has 1 atom stereocenters. The molecule has 0 aliphatic carbocycles. The van der Waals surface area contributed by atoms with Crippen LogP contribution in [0.2, 0.25) is 0 Å². The average molecular weight is 396 g/mol. The summed E-state index contributed by atoms with van der Waals surface area (Å²) in [6, 6.07) is 7.73. The Bertz CT molecular complexity index is 1040. The van der Waals surface area contributed by atoms with Gasteiger partial charge in [-0.15, -0.1) is 0 Å². The molecule has 0 saturated carbocycles. The van der Waals surface area contributed by atoms with Gasteiger partial charge in [-0.2, -0.15) is 5.10 Å². The van der Waals surface area contributed by atoms with Gasteiger partial charge in [0.15, 0.2) is 5.78 Å². The van der Waals surface area contributed by atoms with Gasteiger partial charge in [0.05, 0.1) is 18.6 Å². The summed E-state index contributed by atoms with van der Waals surface area (Å²) < 4.78 is 19.3. The second-order valence-electron chi connectivity index (χ2n) is 8.59. The summed E-state index contributed by atoms with van der Waals surface area (Å²) in [5.41, 5.74) is 6.58. The van der Waals surface area contributed by atoms with Gasteiger partial charge < -0.3 is 19.9 Å². The Balaban J connectivity index is 1.58. The molecule has 3 aliphatic rings.